The summed E-state index contributed by atoms with van der Waals surface area (Å²) < 4.78 is 17.4. The summed E-state index contributed by atoms with van der Waals surface area (Å²) in [6, 6.07) is 17.9. The van der Waals surface area contributed by atoms with Crippen molar-refractivity contribution in [2.45, 2.75) is 12.5 Å². The van der Waals surface area contributed by atoms with Crippen LogP contribution in [0.1, 0.15) is 16.8 Å². The summed E-state index contributed by atoms with van der Waals surface area (Å²) in [5, 5.41) is 4.00. The molecule has 4 aromatic rings. The first-order valence-electron chi connectivity index (χ1n) is 9.91. The van der Waals surface area contributed by atoms with E-state index in [9.17, 15) is 0 Å². The summed E-state index contributed by atoms with van der Waals surface area (Å²) in [6.45, 7) is 2.18. The predicted octanol–water partition coefficient (Wildman–Crippen LogP) is 4.41. The van der Waals surface area contributed by atoms with Crippen LogP contribution in [0.2, 0.25) is 0 Å². The van der Waals surface area contributed by atoms with Crippen molar-refractivity contribution in [1.82, 2.24) is 10.1 Å². The number of nitrogens with zero attached hydrogens (tertiary/aromatic N) is 3. The van der Waals surface area contributed by atoms with Crippen molar-refractivity contribution in [1.29, 1.82) is 0 Å². The number of benzene rings is 2. The van der Waals surface area contributed by atoms with Gasteiger partial charge in [0.15, 0.2) is 11.3 Å². The zero-order chi connectivity index (χ0) is 21.0. The quantitative estimate of drug-likeness (QED) is 0.526. The largest absolute Gasteiger partial charge is 0.462 e. The first-order chi connectivity index (χ1) is 15.1. The maximum atomic E-state index is 6.26. The number of aryl methyl sites for hydroxylation is 1. The number of aromatic nitrogens is 2. The van der Waals surface area contributed by atoms with Gasteiger partial charge in [0, 0.05) is 40.7 Å². The molecule has 2 aromatic heterocycles. The number of hydrogen-bond acceptors (Lipinski definition) is 7. The Morgan fingerprint density at radius 3 is 2.35 bits per heavy atom. The van der Waals surface area contributed by atoms with Gasteiger partial charge in [-0.3, -0.25) is 4.98 Å². The molecule has 4 heterocycles. The van der Waals surface area contributed by atoms with Gasteiger partial charge in [0.25, 0.3) is 6.02 Å². The number of nitrogens with two attached hydrogens (primary N) is 1. The number of aliphatic imine (C=N–C) groups is 1. The minimum atomic E-state index is -0.809. The van der Waals surface area contributed by atoms with Crippen LogP contribution in [0.3, 0.4) is 0 Å². The van der Waals surface area contributed by atoms with Crippen LogP contribution >= 0.6 is 0 Å². The van der Waals surface area contributed by atoms with Crippen LogP contribution in [0.4, 0.5) is 0 Å². The third-order valence-electron chi connectivity index (χ3n) is 5.71. The van der Waals surface area contributed by atoms with Crippen LogP contribution in [-0.2, 0) is 10.3 Å². The van der Waals surface area contributed by atoms with E-state index in [4.69, 9.17) is 24.7 Å². The second-order valence-electron chi connectivity index (χ2n) is 7.70. The molecule has 0 saturated carbocycles. The lowest BCUT2D eigenvalue weighted by molar-refractivity contribution is 0.264. The fraction of sp³-hybridized carbons (Fsp3) is 0.125. The highest BCUT2D eigenvalue weighted by Crippen LogP contribution is 2.52. The number of hydrogen-bond donors (Lipinski definition) is 1. The third-order valence-corrected chi connectivity index (χ3v) is 5.71. The molecule has 2 N–H and O–H groups in total. The molecule has 0 saturated heterocycles. The summed E-state index contributed by atoms with van der Waals surface area (Å²) in [5.41, 5.74) is 10.7. The molecule has 31 heavy (non-hydrogen) atoms. The molecule has 7 heteroatoms. The Hall–Kier alpha value is -4.13. The monoisotopic (exact) mass is 410 g/mol. The van der Waals surface area contributed by atoms with E-state index in [1.54, 1.807) is 6.20 Å². The summed E-state index contributed by atoms with van der Waals surface area (Å²) in [6.07, 6.45) is 3.59. The minimum absolute atomic E-state index is 0.159. The molecule has 2 aliphatic heterocycles. The van der Waals surface area contributed by atoms with Crippen LogP contribution in [0.15, 0.2) is 76.5 Å². The van der Waals surface area contributed by atoms with Crippen molar-refractivity contribution < 1.29 is 14.0 Å². The van der Waals surface area contributed by atoms with E-state index < -0.39 is 5.54 Å². The first-order valence-corrected chi connectivity index (χ1v) is 9.91. The summed E-state index contributed by atoms with van der Waals surface area (Å²) in [7, 11) is 0. The molecule has 6 rings (SSSR count). The topological polar surface area (TPSA) is 95.8 Å². The lowest BCUT2D eigenvalue weighted by Crippen LogP contribution is -2.31. The van der Waals surface area contributed by atoms with Crippen molar-refractivity contribution in [3.8, 4) is 33.9 Å². The van der Waals surface area contributed by atoms with Gasteiger partial charge in [0.05, 0.1) is 5.69 Å². The van der Waals surface area contributed by atoms with E-state index in [1.807, 2.05) is 61.7 Å². The Kier molecular flexibility index (Phi) is 3.67. The zero-order valence-corrected chi connectivity index (χ0v) is 16.7. The molecule has 7 nitrogen and oxygen atoms in total. The summed E-state index contributed by atoms with van der Waals surface area (Å²) >= 11 is 0. The standard InChI is InChI=1S/C24H18N4O3/c1-14-9-22(31-28-14)16-5-7-21-19(11-16)24(13-29-23(25)27-24)18-10-15(4-6-20(18)30-21)17-3-2-8-26-12-17/h2-12H,13H2,1H3,(H2,25,27)/t24-/m0/s1. The molecular weight excluding hydrogens is 392 g/mol. The van der Waals surface area contributed by atoms with Gasteiger partial charge in [-0.1, -0.05) is 17.3 Å². The Labute approximate surface area is 178 Å². The van der Waals surface area contributed by atoms with Gasteiger partial charge < -0.3 is 19.7 Å². The molecule has 2 aliphatic rings. The van der Waals surface area contributed by atoms with Gasteiger partial charge in [-0.05, 0) is 48.9 Å². The summed E-state index contributed by atoms with van der Waals surface area (Å²) in [5.74, 6) is 2.12. The van der Waals surface area contributed by atoms with Crippen molar-refractivity contribution >= 4 is 6.02 Å². The van der Waals surface area contributed by atoms with E-state index in [-0.39, 0.29) is 12.6 Å². The maximum absolute atomic E-state index is 6.26. The average molecular weight is 410 g/mol. The van der Waals surface area contributed by atoms with Gasteiger partial charge in [0.2, 0.25) is 0 Å². The molecule has 0 fully saturated rings. The highest BCUT2D eigenvalue weighted by Gasteiger charge is 2.47. The maximum Gasteiger partial charge on any atom is 0.283 e. The Morgan fingerprint density at radius 2 is 1.71 bits per heavy atom. The number of pyridine rings is 1. The van der Waals surface area contributed by atoms with Crippen molar-refractivity contribution in [3.63, 3.8) is 0 Å². The summed E-state index contributed by atoms with van der Waals surface area (Å²) in [4.78, 5) is 9.00. The lowest BCUT2D eigenvalue weighted by atomic mass is 9.79. The van der Waals surface area contributed by atoms with E-state index in [1.165, 1.54) is 0 Å². The van der Waals surface area contributed by atoms with Crippen molar-refractivity contribution in [2.75, 3.05) is 6.61 Å². The zero-order valence-electron chi connectivity index (χ0n) is 16.7. The molecule has 152 valence electrons. The fourth-order valence-electron chi connectivity index (χ4n) is 4.22. The molecule has 0 radical (unpaired) electrons. The van der Waals surface area contributed by atoms with Crippen LogP contribution < -0.4 is 10.5 Å². The minimum Gasteiger partial charge on any atom is -0.462 e. The molecular formula is C24H18N4O3. The van der Waals surface area contributed by atoms with Gasteiger partial charge >= 0.3 is 0 Å². The van der Waals surface area contributed by atoms with Gasteiger partial charge in [-0.25, -0.2) is 4.99 Å². The molecule has 0 amide bonds. The Bertz CT molecular complexity index is 1350. The number of amidine groups is 1. The number of fused-ring (bicyclic) bond motifs is 4. The second kappa shape index (κ2) is 6.43. The van der Waals surface area contributed by atoms with Crippen LogP contribution in [0, 0.1) is 6.92 Å². The average Bonchev–Trinajstić information content (AvgIpc) is 3.41. The SMILES string of the molecule is Cc1cc(-c2ccc3c(c2)[C@]2(COC(N)=N2)c2cc(-c4cccnc4)ccc2O3)on1. The van der Waals surface area contributed by atoms with Crippen LogP contribution in [0.5, 0.6) is 11.5 Å². The smallest absolute Gasteiger partial charge is 0.283 e. The van der Waals surface area contributed by atoms with Gasteiger partial charge in [0.1, 0.15) is 18.1 Å². The second-order valence-corrected chi connectivity index (χ2v) is 7.70. The van der Waals surface area contributed by atoms with E-state index in [0.717, 1.165) is 39.3 Å². The first kappa shape index (κ1) is 17.7. The molecule has 0 bridgehead atoms. The molecule has 0 unspecified atom stereocenters. The Balaban J connectivity index is 1.56. The fourth-order valence-corrected chi connectivity index (χ4v) is 4.22. The molecule has 1 spiro atoms. The lowest BCUT2D eigenvalue weighted by Gasteiger charge is -2.34. The third kappa shape index (κ3) is 2.70. The van der Waals surface area contributed by atoms with Crippen molar-refractivity contribution in [2.24, 2.45) is 10.7 Å². The highest BCUT2D eigenvalue weighted by atomic mass is 16.5. The number of ether oxygens (including phenoxy) is 2. The van der Waals surface area contributed by atoms with E-state index in [2.05, 4.69) is 16.2 Å². The predicted molar refractivity (Wildman–Crippen MR) is 115 cm³/mol. The van der Waals surface area contributed by atoms with E-state index in [0.29, 0.717) is 11.5 Å². The normalized spacial score (nSPS) is 18.7. The van der Waals surface area contributed by atoms with Crippen molar-refractivity contribution in [3.05, 3.63) is 83.8 Å². The van der Waals surface area contributed by atoms with Crippen LogP contribution in [-0.4, -0.2) is 22.8 Å². The molecule has 1 atom stereocenters. The van der Waals surface area contributed by atoms with Gasteiger partial charge in [-0.15, -0.1) is 0 Å². The molecule has 0 aliphatic carbocycles. The number of rotatable bonds is 2. The highest BCUT2D eigenvalue weighted by molar-refractivity contribution is 5.78. The van der Waals surface area contributed by atoms with E-state index >= 15 is 0 Å². The van der Waals surface area contributed by atoms with Crippen LogP contribution in [0.25, 0.3) is 22.5 Å². The van der Waals surface area contributed by atoms with Gasteiger partial charge in [-0.2, -0.15) is 0 Å². The Morgan fingerprint density at radius 1 is 0.935 bits per heavy atom. The molecule has 2 aromatic carbocycles.